The van der Waals surface area contributed by atoms with Crippen molar-refractivity contribution in [2.75, 3.05) is 6.61 Å². The Morgan fingerprint density at radius 3 is 2.62 bits per heavy atom. The Morgan fingerprint density at radius 2 is 1.92 bits per heavy atom. The number of fused-ring (bicyclic) bond motifs is 4. The zero-order valence-corrected chi connectivity index (χ0v) is 22.0. The topological polar surface area (TPSA) is 112 Å². The van der Waals surface area contributed by atoms with Gasteiger partial charge in [0.15, 0.2) is 6.10 Å². The number of carbonyl (C=O) groups excluding carboxylic acids is 1. The number of ether oxygens (including phenoxy) is 1. The quantitative estimate of drug-likeness (QED) is 0.376. The molecule has 37 heavy (non-hydrogen) atoms. The normalized spacial score (nSPS) is 41.7. The van der Waals surface area contributed by atoms with Crippen molar-refractivity contribution in [2.45, 2.75) is 58.0 Å². The van der Waals surface area contributed by atoms with Gasteiger partial charge in [0.05, 0.1) is 23.7 Å². The van der Waals surface area contributed by atoms with Gasteiger partial charge in [0, 0.05) is 30.1 Å². The Morgan fingerprint density at radius 1 is 1.22 bits per heavy atom. The standard InChI is InChI=1S/C30H37NO6/c1-15-12-29-16(2)10-21-23(28(21,3)4)19(25(29)34)11-17(14-32)24(33)30(29,36)26(15)37-27(35)20-13-31(5)22-9-7-6-8-18(20)22/h6-9,11-13,16,19,21,23-26,32-34,36H,10,14H2,1-5H3. The van der Waals surface area contributed by atoms with Crippen molar-refractivity contribution in [2.24, 2.45) is 41.5 Å². The van der Waals surface area contributed by atoms with Crippen LogP contribution < -0.4 is 0 Å². The highest BCUT2D eigenvalue weighted by molar-refractivity contribution is 6.04. The molecule has 9 unspecified atom stereocenters. The minimum absolute atomic E-state index is 0.0174. The Balaban J connectivity index is 1.47. The summed E-state index contributed by atoms with van der Waals surface area (Å²) in [4.78, 5) is 13.6. The molecule has 0 aliphatic heterocycles. The van der Waals surface area contributed by atoms with Crippen molar-refractivity contribution in [1.82, 2.24) is 4.57 Å². The van der Waals surface area contributed by atoms with Crippen LogP contribution in [0.1, 0.15) is 44.5 Å². The lowest BCUT2D eigenvalue weighted by Gasteiger charge is -2.52. The van der Waals surface area contributed by atoms with Gasteiger partial charge in [0.2, 0.25) is 0 Å². The summed E-state index contributed by atoms with van der Waals surface area (Å²) >= 11 is 0. The molecular formula is C30H37NO6. The average molecular weight is 508 g/mol. The van der Waals surface area contributed by atoms with E-state index in [-0.39, 0.29) is 28.7 Å². The fraction of sp³-hybridized carbons (Fsp3) is 0.567. The molecule has 1 aromatic carbocycles. The molecule has 7 nitrogen and oxygen atoms in total. The lowest BCUT2D eigenvalue weighted by molar-refractivity contribution is -0.215. The van der Waals surface area contributed by atoms with E-state index in [0.29, 0.717) is 17.1 Å². The third kappa shape index (κ3) is 2.94. The first-order valence-electron chi connectivity index (χ1n) is 13.3. The number of aliphatic hydroxyl groups excluding tert-OH is 3. The predicted molar refractivity (Wildman–Crippen MR) is 138 cm³/mol. The fourth-order valence-electron chi connectivity index (χ4n) is 8.58. The molecule has 2 bridgehead atoms. The molecule has 0 saturated heterocycles. The Labute approximate surface area is 217 Å². The summed E-state index contributed by atoms with van der Waals surface area (Å²) < 4.78 is 7.92. The van der Waals surface area contributed by atoms with Gasteiger partial charge in [-0.2, -0.15) is 0 Å². The maximum Gasteiger partial charge on any atom is 0.341 e. The highest BCUT2D eigenvalue weighted by atomic mass is 16.6. The first-order chi connectivity index (χ1) is 17.4. The minimum atomic E-state index is -2.04. The molecule has 2 aromatic rings. The van der Waals surface area contributed by atoms with E-state index >= 15 is 0 Å². The summed E-state index contributed by atoms with van der Waals surface area (Å²) in [6.07, 6.45) is 2.39. The van der Waals surface area contributed by atoms with Gasteiger partial charge in [-0.15, -0.1) is 0 Å². The molecule has 2 saturated carbocycles. The molecule has 1 heterocycles. The maximum atomic E-state index is 13.6. The zero-order chi connectivity index (χ0) is 26.7. The van der Waals surface area contributed by atoms with Crippen molar-refractivity contribution in [3.63, 3.8) is 0 Å². The van der Waals surface area contributed by atoms with E-state index in [0.717, 1.165) is 17.3 Å². The largest absolute Gasteiger partial charge is 0.451 e. The number of benzene rings is 1. The SMILES string of the molecule is CC1=CC23C(C)CC4C(C(C=C(CO)C(O)C2(O)C1OC(=O)c1cn(C)c2ccccc12)C3O)C4(C)C. The highest BCUT2D eigenvalue weighted by Crippen LogP contribution is 2.72. The van der Waals surface area contributed by atoms with Gasteiger partial charge in [0.1, 0.15) is 11.7 Å². The second-order valence-corrected chi connectivity index (χ2v) is 12.5. The van der Waals surface area contributed by atoms with Gasteiger partial charge in [-0.1, -0.05) is 51.1 Å². The molecule has 0 radical (unpaired) electrons. The lowest BCUT2D eigenvalue weighted by atomic mass is 9.58. The van der Waals surface area contributed by atoms with Crippen molar-refractivity contribution in [1.29, 1.82) is 0 Å². The van der Waals surface area contributed by atoms with Crippen molar-refractivity contribution in [3.05, 3.63) is 59.3 Å². The van der Waals surface area contributed by atoms with E-state index in [1.165, 1.54) is 0 Å². The summed E-state index contributed by atoms with van der Waals surface area (Å²) in [5, 5.41) is 47.4. The van der Waals surface area contributed by atoms with Gasteiger partial charge in [-0.05, 0) is 53.7 Å². The third-order valence-electron chi connectivity index (χ3n) is 10.5. The number of rotatable bonds is 3. The van der Waals surface area contributed by atoms with E-state index in [4.69, 9.17) is 4.74 Å². The van der Waals surface area contributed by atoms with Gasteiger partial charge in [-0.3, -0.25) is 0 Å². The number of carbonyl (C=O) groups is 1. The molecule has 1 spiro atoms. The summed E-state index contributed by atoms with van der Waals surface area (Å²) in [7, 11) is 1.85. The molecule has 2 fully saturated rings. The monoisotopic (exact) mass is 507 g/mol. The van der Waals surface area contributed by atoms with Crippen molar-refractivity contribution in [3.8, 4) is 0 Å². The number of esters is 1. The maximum absolute atomic E-state index is 13.6. The number of nitrogens with zero attached hydrogens (tertiary/aromatic N) is 1. The second-order valence-electron chi connectivity index (χ2n) is 12.5. The average Bonchev–Trinajstić information content (AvgIpc) is 3.15. The van der Waals surface area contributed by atoms with Crippen LogP contribution in [0.15, 0.2) is 53.8 Å². The molecule has 7 heteroatoms. The van der Waals surface area contributed by atoms with Crippen molar-refractivity contribution >= 4 is 16.9 Å². The van der Waals surface area contributed by atoms with Crippen LogP contribution in [0, 0.1) is 34.5 Å². The molecule has 0 amide bonds. The first-order valence-corrected chi connectivity index (χ1v) is 13.3. The van der Waals surface area contributed by atoms with Gasteiger partial charge >= 0.3 is 5.97 Å². The summed E-state index contributed by atoms with van der Waals surface area (Å²) in [6, 6.07) is 7.52. The summed E-state index contributed by atoms with van der Waals surface area (Å²) in [5.74, 6) is -0.631. The fourth-order valence-corrected chi connectivity index (χ4v) is 8.58. The number of hydrogen-bond donors (Lipinski definition) is 4. The number of aromatic nitrogens is 1. The Kier molecular flexibility index (Phi) is 5.23. The van der Waals surface area contributed by atoms with Gasteiger partial charge < -0.3 is 29.7 Å². The number of aryl methyl sites for hydroxylation is 1. The van der Waals surface area contributed by atoms with Crippen molar-refractivity contribution < 1.29 is 30.0 Å². The number of aliphatic hydroxyl groups is 4. The van der Waals surface area contributed by atoms with Crippen LogP contribution in [0.4, 0.5) is 0 Å². The van der Waals surface area contributed by atoms with Crippen LogP contribution in [0.3, 0.4) is 0 Å². The predicted octanol–water partition coefficient (Wildman–Crippen LogP) is 2.96. The third-order valence-corrected chi connectivity index (χ3v) is 10.5. The van der Waals surface area contributed by atoms with E-state index < -0.39 is 41.9 Å². The van der Waals surface area contributed by atoms with E-state index in [9.17, 15) is 25.2 Å². The van der Waals surface area contributed by atoms with E-state index in [1.54, 1.807) is 19.2 Å². The number of para-hydroxylation sites is 1. The Hall–Kier alpha value is -2.45. The molecule has 198 valence electrons. The Bertz CT molecular complexity index is 1360. The first kappa shape index (κ1) is 24.9. The number of hydrogen-bond acceptors (Lipinski definition) is 6. The van der Waals surface area contributed by atoms with Crippen LogP contribution in [-0.4, -0.2) is 61.5 Å². The minimum Gasteiger partial charge on any atom is -0.451 e. The van der Waals surface area contributed by atoms with E-state index in [1.807, 2.05) is 48.9 Å². The summed E-state index contributed by atoms with van der Waals surface area (Å²) in [5.41, 5.74) is -1.18. The van der Waals surface area contributed by atoms with Crippen LogP contribution in [-0.2, 0) is 11.8 Å². The second kappa shape index (κ2) is 7.79. The molecular weight excluding hydrogens is 470 g/mol. The van der Waals surface area contributed by atoms with E-state index in [2.05, 4.69) is 13.8 Å². The van der Waals surface area contributed by atoms with Crippen LogP contribution in [0.25, 0.3) is 10.9 Å². The summed E-state index contributed by atoms with van der Waals surface area (Å²) in [6.45, 7) is 7.73. The molecule has 1 aromatic heterocycles. The molecule has 9 atom stereocenters. The molecule has 4 aliphatic rings. The van der Waals surface area contributed by atoms with Crippen LogP contribution in [0.2, 0.25) is 0 Å². The molecule has 6 rings (SSSR count). The zero-order valence-electron chi connectivity index (χ0n) is 22.0. The molecule has 4 N–H and O–H groups in total. The van der Waals surface area contributed by atoms with Crippen LogP contribution in [0.5, 0.6) is 0 Å². The van der Waals surface area contributed by atoms with Crippen LogP contribution >= 0.6 is 0 Å². The lowest BCUT2D eigenvalue weighted by Crippen LogP contribution is -2.66. The highest BCUT2D eigenvalue weighted by Gasteiger charge is 2.76. The molecule has 4 aliphatic carbocycles. The van der Waals surface area contributed by atoms with Gasteiger partial charge in [0.25, 0.3) is 0 Å². The smallest absolute Gasteiger partial charge is 0.341 e. The van der Waals surface area contributed by atoms with Gasteiger partial charge in [-0.25, -0.2) is 4.79 Å².